The van der Waals surface area contributed by atoms with Crippen molar-refractivity contribution in [3.63, 3.8) is 0 Å². The molecule has 2 rings (SSSR count). The number of nitrogens with zero attached hydrogens (tertiary/aromatic N) is 2. The van der Waals surface area contributed by atoms with Crippen LogP contribution in [0.1, 0.15) is 5.56 Å². The van der Waals surface area contributed by atoms with Gasteiger partial charge in [0, 0.05) is 20.2 Å². The van der Waals surface area contributed by atoms with Crippen molar-refractivity contribution in [1.82, 2.24) is 9.80 Å². The van der Waals surface area contributed by atoms with Crippen LogP contribution >= 0.6 is 0 Å². The Bertz CT molecular complexity index is 444. The Hall–Kier alpha value is -1.43. The van der Waals surface area contributed by atoms with Gasteiger partial charge in [-0.25, -0.2) is 0 Å². The SMILES string of the molecule is COCC(C(=O)N1CC(OCc2ccccc2)C1)N(C)C. The second-order valence-corrected chi connectivity index (χ2v) is 5.60. The van der Waals surface area contributed by atoms with Gasteiger partial charge in [0.15, 0.2) is 0 Å². The Kier molecular flexibility index (Phi) is 5.73. The van der Waals surface area contributed by atoms with E-state index in [1.54, 1.807) is 7.11 Å². The van der Waals surface area contributed by atoms with Crippen molar-refractivity contribution < 1.29 is 14.3 Å². The van der Waals surface area contributed by atoms with Crippen molar-refractivity contribution >= 4 is 5.91 Å². The summed E-state index contributed by atoms with van der Waals surface area (Å²) >= 11 is 0. The van der Waals surface area contributed by atoms with Crippen LogP contribution in [0.15, 0.2) is 30.3 Å². The topological polar surface area (TPSA) is 42.0 Å². The Morgan fingerprint density at radius 2 is 2.00 bits per heavy atom. The largest absolute Gasteiger partial charge is 0.383 e. The highest BCUT2D eigenvalue weighted by molar-refractivity contribution is 5.82. The molecule has 1 saturated heterocycles. The van der Waals surface area contributed by atoms with Crippen LogP contribution in [0.4, 0.5) is 0 Å². The van der Waals surface area contributed by atoms with Crippen LogP contribution in [-0.4, -0.2) is 68.8 Å². The summed E-state index contributed by atoms with van der Waals surface area (Å²) in [5, 5.41) is 0. The molecule has 21 heavy (non-hydrogen) atoms. The highest BCUT2D eigenvalue weighted by Crippen LogP contribution is 2.16. The zero-order valence-corrected chi connectivity index (χ0v) is 13.0. The average molecular weight is 292 g/mol. The zero-order chi connectivity index (χ0) is 15.2. The molecular formula is C16H24N2O3. The molecule has 0 spiro atoms. The molecule has 5 heteroatoms. The summed E-state index contributed by atoms with van der Waals surface area (Å²) in [4.78, 5) is 16.1. The molecular weight excluding hydrogens is 268 g/mol. The summed E-state index contributed by atoms with van der Waals surface area (Å²) in [6.45, 7) is 2.35. The van der Waals surface area contributed by atoms with E-state index in [2.05, 4.69) is 0 Å². The van der Waals surface area contributed by atoms with Gasteiger partial charge in [-0.3, -0.25) is 9.69 Å². The number of hydrogen-bond donors (Lipinski definition) is 0. The van der Waals surface area contributed by atoms with Gasteiger partial charge in [-0.2, -0.15) is 0 Å². The van der Waals surface area contributed by atoms with Gasteiger partial charge in [0.2, 0.25) is 5.91 Å². The molecule has 1 aliphatic heterocycles. The van der Waals surface area contributed by atoms with E-state index in [4.69, 9.17) is 9.47 Å². The summed E-state index contributed by atoms with van der Waals surface area (Å²) in [6.07, 6.45) is 0.138. The molecule has 5 nitrogen and oxygen atoms in total. The van der Waals surface area contributed by atoms with Crippen molar-refractivity contribution in [3.8, 4) is 0 Å². The number of likely N-dealkylation sites (tertiary alicyclic amines) is 1. The molecule has 1 aromatic carbocycles. The van der Waals surface area contributed by atoms with Crippen molar-refractivity contribution in [2.45, 2.75) is 18.8 Å². The molecule has 0 radical (unpaired) electrons. The van der Waals surface area contributed by atoms with Crippen molar-refractivity contribution in [3.05, 3.63) is 35.9 Å². The van der Waals surface area contributed by atoms with Gasteiger partial charge in [-0.15, -0.1) is 0 Å². The third kappa shape index (κ3) is 4.27. The van der Waals surface area contributed by atoms with E-state index in [0.29, 0.717) is 26.3 Å². The fourth-order valence-corrected chi connectivity index (χ4v) is 2.32. The summed E-state index contributed by atoms with van der Waals surface area (Å²) in [5.41, 5.74) is 1.16. The van der Waals surface area contributed by atoms with E-state index in [0.717, 1.165) is 5.56 Å². The molecule has 116 valence electrons. The normalized spacial score (nSPS) is 16.9. The van der Waals surface area contributed by atoms with E-state index in [-0.39, 0.29) is 18.1 Å². The van der Waals surface area contributed by atoms with Crippen LogP contribution in [0.3, 0.4) is 0 Å². The Morgan fingerprint density at radius 3 is 2.57 bits per heavy atom. The molecule has 0 bridgehead atoms. The van der Waals surface area contributed by atoms with Crippen LogP contribution in [0.2, 0.25) is 0 Å². The van der Waals surface area contributed by atoms with Crippen molar-refractivity contribution in [2.24, 2.45) is 0 Å². The van der Waals surface area contributed by atoms with Gasteiger partial charge in [0.05, 0.1) is 19.3 Å². The first-order valence-electron chi connectivity index (χ1n) is 7.21. The van der Waals surface area contributed by atoms with Crippen LogP contribution < -0.4 is 0 Å². The van der Waals surface area contributed by atoms with Crippen LogP contribution in [0, 0.1) is 0 Å². The number of hydrogen-bond acceptors (Lipinski definition) is 4. The maximum Gasteiger partial charge on any atom is 0.242 e. The highest BCUT2D eigenvalue weighted by Gasteiger charge is 2.35. The third-order valence-corrected chi connectivity index (χ3v) is 3.72. The summed E-state index contributed by atoms with van der Waals surface area (Å²) in [5.74, 6) is 0.112. The van der Waals surface area contributed by atoms with Gasteiger partial charge in [0.25, 0.3) is 0 Å². The number of benzene rings is 1. The van der Waals surface area contributed by atoms with E-state index in [1.165, 1.54) is 0 Å². The molecule has 1 unspecified atom stereocenters. The fourth-order valence-electron chi connectivity index (χ4n) is 2.32. The average Bonchev–Trinajstić information content (AvgIpc) is 2.43. The second kappa shape index (κ2) is 7.54. The van der Waals surface area contributed by atoms with Gasteiger partial charge in [-0.1, -0.05) is 30.3 Å². The predicted octanol–water partition coefficient (Wildman–Crippen LogP) is 0.991. The molecule has 1 aliphatic rings. The van der Waals surface area contributed by atoms with Gasteiger partial charge < -0.3 is 14.4 Å². The van der Waals surface area contributed by atoms with Crippen molar-refractivity contribution in [1.29, 1.82) is 0 Å². The molecule has 1 amide bonds. The van der Waals surface area contributed by atoms with Gasteiger partial charge in [-0.05, 0) is 19.7 Å². The number of carbonyl (C=O) groups excluding carboxylic acids is 1. The van der Waals surface area contributed by atoms with Gasteiger partial charge in [0.1, 0.15) is 6.04 Å². The molecule has 0 aromatic heterocycles. The molecule has 1 aromatic rings. The minimum absolute atomic E-state index is 0.112. The number of methoxy groups -OCH3 is 1. The first kappa shape index (κ1) is 15.9. The molecule has 1 atom stereocenters. The summed E-state index contributed by atoms with van der Waals surface area (Å²) in [6, 6.07) is 9.86. The van der Waals surface area contributed by atoms with E-state index < -0.39 is 0 Å². The maximum absolute atomic E-state index is 12.3. The van der Waals surface area contributed by atoms with Crippen molar-refractivity contribution in [2.75, 3.05) is 40.9 Å². The Labute approximate surface area is 126 Å². The lowest BCUT2D eigenvalue weighted by atomic mass is 10.1. The number of ether oxygens (including phenoxy) is 2. The van der Waals surface area contributed by atoms with E-state index in [1.807, 2.05) is 54.2 Å². The summed E-state index contributed by atoms with van der Waals surface area (Å²) in [7, 11) is 5.40. The predicted molar refractivity (Wildman–Crippen MR) is 81.0 cm³/mol. The van der Waals surface area contributed by atoms with Crippen LogP contribution in [0.5, 0.6) is 0 Å². The maximum atomic E-state index is 12.3. The zero-order valence-electron chi connectivity index (χ0n) is 13.0. The summed E-state index contributed by atoms with van der Waals surface area (Å²) < 4.78 is 10.9. The Balaban J connectivity index is 1.74. The van der Waals surface area contributed by atoms with Gasteiger partial charge >= 0.3 is 0 Å². The minimum Gasteiger partial charge on any atom is -0.383 e. The van der Waals surface area contributed by atoms with Crippen LogP contribution in [0.25, 0.3) is 0 Å². The highest BCUT2D eigenvalue weighted by atomic mass is 16.5. The lowest BCUT2D eigenvalue weighted by Crippen LogP contribution is -2.60. The quantitative estimate of drug-likeness (QED) is 0.751. The first-order valence-corrected chi connectivity index (χ1v) is 7.21. The molecule has 0 aliphatic carbocycles. The monoisotopic (exact) mass is 292 g/mol. The standard InChI is InChI=1S/C16H24N2O3/c1-17(2)15(12-20-3)16(19)18-9-14(10-18)21-11-13-7-5-4-6-8-13/h4-8,14-15H,9-12H2,1-3H3. The fraction of sp³-hybridized carbons (Fsp3) is 0.562. The number of amides is 1. The number of carbonyl (C=O) groups is 1. The number of rotatable bonds is 7. The smallest absolute Gasteiger partial charge is 0.242 e. The Morgan fingerprint density at radius 1 is 1.33 bits per heavy atom. The van der Waals surface area contributed by atoms with E-state index in [9.17, 15) is 4.79 Å². The van der Waals surface area contributed by atoms with E-state index >= 15 is 0 Å². The molecule has 0 saturated carbocycles. The number of likely N-dealkylation sites (N-methyl/N-ethyl adjacent to an activating group) is 1. The molecule has 0 N–H and O–H groups in total. The van der Waals surface area contributed by atoms with Crippen LogP contribution in [-0.2, 0) is 20.9 Å². The lowest BCUT2D eigenvalue weighted by molar-refractivity contribution is -0.152. The second-order valence-electron chi connectivity index (χ2n) is 5.60. The lowest BCUT2D eigenvalue weighted by Gasteiger charge is -2.41. The third-order valence-electron chi connectivity index (χ3n) is 3.72. The molecule has 1 fully saturated rings. The molecule has 1 heterocycles. The minimum atomic E-state index is -0.218. The first-order chi connectivity index (χ1) is 10.1.